The summed E-state index contributed by atoms with van der Waals surface area (Å²) in [6.07, 6.45) is 1.63. The van der Waals surface area contributed by atoms with E-state index in [1.54, 1.807) is 6.20 Å². The highest BCUT2D eigenvalue weighted by Gasteiger charge is 2.37. The number of rotatable bonds is 3. The van der Waals surface area contributed by atoms with Crippen LogP contribution in [0.15, 0.2) is 11.0 Å². The van der Waals surface area contributed by atoms with E-state index in [1.807, 2.05) is 0 Å². The Bertz CT molecular complexity index is 521. The van der Waals surface area contributed by atoms with Gasteiger partial charge in [0.1, 0.15) is 5.02 Å². The first-order valence-corrected chi connectivity index (χ1v) is 6.90. The first-order chi connectivity index (χ1) is 9.20. The summed E-state index contributed by atoms with van der Waals surface area (Å²) in [5.41, 5.74) is 0.388. The zero-order valence-corrected chi connectivity index (χ0v) is 11.3. The molecular weight excluding hydrogens is 268 g/mol. The normalized spacial score (nSPS) is 25.9. The van der Waals surface area contributed by atoms with Crippen LogP contribution in [0.2, 0.25) is 5.02 Å². The Kier molecular flexibility index (Phi) is 3.47. The molecule has 0 amide bonds. The molecule has 104 valence electrons. The fourth-order valence-corrected chi connectivity index (χ4v) is 3.25. The summed E-state index contributed by atoms with van der Waals surface area (Å²) in [5, 5.41) is 16.5. The van der Waals surface area contributed by atoms with E-state index in [1.165, 1.54) is 4.68 Å². The van der Waals surface area contributed by atoms with Crippen LogP contribution in [0, 0.1) is 11.8 Å². The third-order valence-electron chi connectivity index (χ3n) is 4.01. The van der Waals surface area contributed by atoms with Gasteiger partial charge in [-0.15, -0.1) is 0 Å². The maximum absolute atomic E-state index is 12.0. The highest BCUT2D eigenvalue weighted by molar-refractivity contribution is 6.33. The lowest BCUT2D eigenvalue weighted by atomic mass is 10.0. The predicted molar refractivity (Wildman–Crippen MR) is 72.7 cm³/mol. The zero-order valence-electron chi connectivity index (χ0n) is 10.5. The van der Waals surface area contributed by atoms with E-state index in [2.05, 4.69) is 15.3 Å². The summed E-state index contributed by atoms with van der Waals surface area (Å²) in [4.78, 5) is 14.2. The Labute approximate surface area is 116 Å². The van der Waals surface area contributed by atoms with Gasteiger partial charge in [-0.1, -0.05) is 11.6 Å². The maximum atomic E-state index is 12.0. The van der Waals surface area contributed by atoms with E-state index in [0.29, 0.717) is 11.8 Å². The molecule has 2 fully saturated rings. The van der Waals surface area contributed by atoms with E-state index in [4.69, 9.17) is 16.7 Å². The summed E-state index contributed by atoms with van der Waals surface area (Å²) in [6.45, 7) is 3.96. The first kappa shape index (κ1) is 12.9. The molecule has 1 aromatic rings. The second kappa shape index (κ2) is 5.11. The number of halogens is 1. The Hall–Kier alpha value is -1.11. The SMILES string of the molecule is O=c1c(Cl)c(N2C[C@H]3CNC[C@H]3C2)cnn1CCO. The Balaban J connectivity index is 1.86. The van der Waals surface area contributed by atoms with Gasteiger partial charge in [0.25, 0.3) is 5.56 Å². The average Bonchev–Trinajstić information content (AvgIpc) is 2.96. The van der Waals surface area contributed by atoms with E-state index in [0.717, 1.165) is 31.9 Å². The molecule has 0 bridgehead atoms. The average molecular weight is 285 g/mol. The minimum absolute atomic E-state index is 0.123. The summed E-state index contributed by atoms with van der Waals surface area (Å²) in [5.74, 6) is 1.27. The molecule has 2 atom stereocenters. The summed E-state index contributed by atoms with van der Waals surface area (Å²) >= 11 is 6.16. The number of aliphatic hydroxyl groups excluding tert-OH is 1. The second-order valence-corrected chi connectivity index (χ2v) is 5.56. The van der Waals surface area contributed by atoms with Gasteiger partial charge in [0.05, 0.1) is 25.0 Å². The third kappa shape index (κ3) is 2.24. The van der Waals surface area contributed by atoms with E-state index >= 15 is 0 Å². The van der Waals surface area contributed by atoms with E-state index in [9.17, 15) is 4.79 Å². The molecule has 0 spiro atoms. The molecule has 3 heterocycles. The molecule has 2 aliphatic rings. The molecule has 19 heavy (non-hydrogen) atoms. The van der Waals surface area contributed by atoms with Crippen LogP contribution in [0.5, 0.6) is 0 Å². The van der Waals surface area contributed by atoms with E-state index < -0.39 is 0 Å². The van der Waals surface area contributed by atoms with Crippen molar-refractivity contribution in [2.75, 3.05) is 37.7 Å². The Morgan fingerprint density at radius 2 is 2.11 bits per heavy atom. The molecule has 1 aromatic heterocycles. The summed E-state index contributed by atoms with van der Waals surface area (Å²) in [7, 11) is 0. The molecule has 2 N–H and O–H groups in total. The molecule has 2 saturated heterocycles. The van der Waals surface area contributed by atoms with Crippen LogP contribution in [0.3, 0.4) is 0 Å². The number of hydrogen-bond acceptors (Lipinski definition) is 5. The monoisotopic (exact) mass is 284 g/mol. The highest BCUT2D eigenvalue weighted by atomic mass is 35.5. The predicted octanol–water partition coefficient (Wildman–Crippen LogP) is -0.455. The van der Waals surface area contributed by atoms with Crippen molar-refractivity contribution in [2.24, 2.45) is 11.8 Å². The topological polar surface area (TPSA) is 70.4 Å². The molecule has 0 aromatic carbocycles. The quantitative estimate of drug-likeness (QED) is 0.786. The van der Waals surface area contributed by atoms with Crippen molar-refractivity contribution in [1.82, 2.24) is 15.1 Å². The molecule has 7 heteroatoms. The number of anilines is 1. The van der Waals surface area contributed by atoms with Crippen LogP contribution >= 0.6 is 11.6 Å². The molecule has 3 rings (SSSR count). The van der Waals surface area contributed by atoms with E-state index in [-0.39, 0.29) is 23.7 Å². The number of fused-ring (bicyclic) bond motifs is 1. The van der Waals surface area contributed by atoms with Crippen molar-refractivity contribution in [3.63, 3.8) is 0 Å². The van der Waals surface area contributed by atoms with Gasteiger partial charge in [0.15, 0.2) is 0 Å². The summed E-state index contributed by atoms with van der Waals surface area (Å²) in [6, 6.07) is 0. The van der Waals surface area contributed by atoms with Gasteiger partial charge in [-0.2, -0.15) is 5.10 Å². The lowest BCUT2D eigenvalue weighted by Gasteiger charge is -2.20. The number of nitrogens with one attached hydrogen (secondary N) is 1. The molecular formula is C12H17ClN4O2. The van der Waals surface area contributed by atoms with Gasteiger partial charge in [0.2, 0.25) is 0 Å². The fourth-order valence-electron chi connectivity index (χ4n) is 2.98. The van der Waals surface area contributed by atoms with Gasteiger partial charge in [0, 0.05) is 26.2 Å². The molecule has 0 unspecified atom stereocenters. The lowest BCUT2D eigenvalue weighted by molar-refractivity contribution is 0.266. The Morgan fingerprint density at radius 3 is 2.74 bits per heavy atom. The van der Waals surface area contributed by atoms with Crippen LogP contribution in [0.1, 0.15) is 0 Å². The van der Waals surface area contributed by atoms with Gasteiger partial charge >= 0.3 is 0 Å². The zero-order chi connectivity index (χ0) is 13.4. The van der Waals surface area contributed by atoms with Crippen LogP contribution in [0.25, 0.3) is 0 Å². The molecule has 6 nitrogen and oxygen atoms in total. The van der Waals surface area contributed by atoms with Crippen molar-refractivity contribution in [3.8, 4) is 0 Å². The van der Waals surface area contributed by atoms with Crippen molar-refractivity contribution >= 4 is 17.3 Å². The highest BCUT2D eigenvalue weighted by Crippen LogP contribution is 2.32. The van der Waals surface area contributed by atoms with Crippen molar-refractivity contribution in [1.29, 1.82) is 0 Å². The second-order valence-electron chi connectivity index (χ2n) is 5.18. The third-order valence-corrected chi connectivity index (χ3v) is 4.36. The number of aliphatic hydroxyl groups is 1. The van der Waals surface area contributed by atoms with Gasteiger partial charge in [-0.25, -0.2) is 4.68 Å². The maximum Gasteiger partial charge on any atom is 0.287 e. The van der Waals surface area contributed by atoms with Crippen LogP contribution < -0.4 is 15.8 Å². The lowest BCUT2D eigenvalue weighted by Crippen LogP contribution is -2.30. The minimum atomic E-state index is -0.330. The number of nitrogens with zero attached hydrogens (tertiary/aromatic N) is 3. The fraction of sp³-hybridized carbons (Fsp3) is 0.667. The van der Waals surface area contributed by atoms with Gasteiger partial charge < -0.3 is 15.3 Å². The van der Waals surface area contributed by atoms with Crippen molar-refractivity contribution < 1.29 is 5.11 Å². The standard InChI is InChI=1S/C12H17ClN4O2/c13-11-10(5-15-17(1-2-18)12(11)19)16-6-8-3-14-4-9(8)7-16/h5,8-9,14,18H,1-4,6-7H2/t8-,9+. The van der Waals surface area contributed by atoms with Gasteiger partial charge in [-0.05, 0) is 11.8 Å². The molecule has 0 radical (unpaired) electrons. The van der Waals surface area contributed by atoms with Crippen LogP contribution in [-0.4, -0.2) is 47.7 Å². The smallest absolute Gasteiger partial charge is 0.287 e. The van der Waals surface area contributed by atoms with Crippen molar-refractivity contribution in [2.45, 2.75) is 6.54 Å². The summed E-state index contributed by atoms with van der Waals surface area (Å²) < 4.78 is 1.20. The van der Waals surface area contributed by atoms with Gasteiger partial charge in [-0.3, -0.25) is 4.79 Å². The molecule has 0 aliphatic carbocycles. The van der Waals surface area contributed by atoms with Crippen LogP contribution in [-0.2, 0) is 6.54 Å². The molecule has 2 aliphatic heterocycles. The number of aromatic nitrogens is 2. The van der Waals surface area contributed by atoms with Crippen molar-refractivity contribution in [3.05, 3.63) is 21.6 Å². The Morgan fingerprint density at radius 1 is 1.42 bits per heavy atom. The van der Waals surface area contributed by atoms with Crippen LogP contribution in [0.4, 0.5) is 5.69 Å². The molecule has 0 saturated carbocycles. The largest absolute Gasteiger partial charge is 0.394 e. The minimum Gasteiger partial charge on any atom is -0.394 e. The number of hydrogen-bond donors (Lipinski definition) is 2. The first-order valence-electron chi connectivity index (χ1n) is 6.53.